The lowest BCUT2D eigenvalue weighted by Gasteiger charge is -2.39. The summed E-state index contributed by atoms with van der Waals surface area (Å²) in [6.07, 6.45) is 3.27. The zero-order valence-corrected chi connectivity index (χ0v) is 30.1. The topological polar surface area (TPSA) is 189 Å². The number of ether oxygens (including phenoxy) is 1. The van der Waals surface area contributed by atoms with Gasteiger partial charge in [0.25, 0.3) is 11.8 Å². The minimum atomic E-state index is -1.16. The average Bonchev–Trinajstić information content (AvgIpc) is 3.51. The summed E-state index contributed by atoms with van der Waals surface area (Å²) in [7, 11) is 2.71. The molecule has 2 heterocycles. The Morgan fingerprint density at radius 1 is 0.962 bits per heavy atom. The highest BCUT2D eigenvalue weighted by atomic mass is 35.5. The van der Waals surface area contributed by atoms with Gasteiger partial charge in [-0.25, -0.2) is 9.37 Å². The Balaban J connectivity index is 1.32. The van der Waals surface area contributed by atoms with E-state index in [-0.39, 0.29) is 81.5 Å². The molecule has 52 heavy (non-hydrogen) atoms. The van der Waals surface area contributed by atoms with Crippen molar-refractivity contribution < 1.29 is 42.3 Å². The van der Waals surface area contributed by atoms with Crippen LogP contribution in [-0.2, 0) is 16.6 Å². The van der Waals surface area contributed by atoms with E-state index in [0.29, 0.717) is 65.1 Å². The van der Waals surface area contributed by atoms with E-state index in [9.17, 15) is 33.1 Å². The Kier molecular flexibility index (Phi) is 14.1. The molecule has 2 aromatic carbocycles. The van der Waals surface area contributed by atoms with Crippen LogP contribution in [0.1, 0.15) is 46.7 Å². The predicted octanol–water partition coefficient (Wildman–Crippen LogP) is 1.61. The Morgan fingerprint density at radius 3 is 2.19 bits per heavy atom. The molecule has 17 heteroatoms. The third kappa shape index (κ3) is 9.61. The van der Waals surface area contributed by atoms with Gasteiger partial charge in [0, 0.05) is 70.2 Å². The highest BCUT2D eigenvalue weighted by Gasteiger charge is 2.30. The number of nitrogens with two attached hydrogens (primary N) is 2. The van der Waals surface area contributed by atoms with Gasteiger partial charge in [0.2, 0.25) is 11.7 Å². The van der Waals surface area contributed by atoms with Crippen molar-refractivity contribution in [3.63, 3.8) is 0 Å². The molecule has 0 aliphatic carbocycles. The maximum absolute atomic E-state index is 14.7. The molecular weight excluding hydrogens is 702 g/mol. The molecular formula is C35H45ClF2N8O6. The summed E-state index contributed by atoms with van der Waals surface area (Å²) in [6.45, 7) is 3.55. The van der Waals surface area contributed by atoms with Crippen molar-refractivity contribution in [2.24, 2.45) is 18.5 Å². The van der Waals surface area contributed by atoms with Gasteiger partial charge in [-0.05, 0) is 43.4 Å². The number of piperazine rings is 1. The molecule has 0 radical (unpaired) electrons. The molecule has 0 saturated carbocycles. The number of quaternary nitrogens is 1. The third-order valence-corrected chi connectivity index (χ3v) is 9.58. The number of nitrogens with zero attached hydrogens (tertiary/aromatic N) is 5. The van der Waals surface area contributed by atoms with Crippen molar-refractivity contribution in [1.82, 2.24) is 19.4 Å². The van der Waals surface area contributed by atoms with Gasteiger partial charge >= 0.3 is 0 Å². The summed E-state index contributed by atoms with van der Waals surface area (Å²) < 4.78 is 35.4. The number of anilines is 1. The van der Waals surface area contributed by atoms with E-state index in [4.69, 9.17) is 27.8 Å². The van der Waals surface area contributed by atoms with Gasteiger partial charge in [-0.3, -0.25) is 14.4 Å². The van der Waals surface area contributed by atoms with Crippen molar-refractivity contribution in [2.45, 2.75) is 25.7 Å². The Morgan fingerprint density at radius 2 is 1.60 bits per heavy atom. The van der Waals surface area contributed by atoms with Crippen LogP contribution >= 0.6 is 11.6 Å². The molecule has 0 bridgehead atoms. The van der Waals surface area contributed by atoms with Crippen molar-refractivity contribution in [2.75, 3.05) is 77.9 Å². The summed E-state index contributed by atoms with van der Waals surface area (Å²) in [5.41, 5.74) is 11.9. The number of carbonyl (C=O) groups excluding carboxylic acids is 4. The first-order valence-electron chi connectivity index (χ1n) is 17.0. The number of aromatic nitrogens is 2. The molecule has 1 fully saturated rings. The van der Waals surface area contributed by atoms with E-state index in [1.165, 1.54) is 55.3 Å². The molecule has 0 spiro atoms. The highest BCUT2D eigenvalue weighted by Crippen LogP contribution is 2.30. The molecule has 1 saturated heterocycles. The van der Waals surface area contributed by atoms with E-state index in [2.05, 4.69) is 10.3 Å². The zero-order valence-electron chi connectivity index (χ0n) is 29.3. The normalized spacial score (nSPS) is 13.3. The second-order valence-electron chi connectivity index (χ2n) is 12.7. The molecule has 282 valence electrons. The van der Waals surface area contributed by atoms with Crippen LogP contribution in [0, 0.1) is 11.6 Å². The van der Waals surface area contributed by atoms with Gasteiger partial charge in [-0.2, -0.15) is 4.39 Å². The Bertz CT molecular complexity index is 1760. The average molecular weight is 747 g/mol. The second-order valence-corrected chi connectivity index (χ2v) is 13.1. The van der Waals surface area contributed by atoms with E-state index in [1.807, 2.05) is 0 Å². The van der Waals surface area contributed by atoms with E-state index in [1.54, 1.807) is 9.80 Å². The molecule has 1 aliphatic rings. The smallest absolute Gasteiger partial charge is 0.291 e. The van der Waals surface area contributed by atoms with Gasteiger partial charge < -0.3 is 50.3 Å². The maximum Gasteiger partial charge on any atom is 0.291 e. The summed E-state index contributed by atoms with van der Waals surface area (Å²) in [5.74, 6) is -4.84. The number of carboxylic acids is 1. The first kappa shape index (κ1) is 40.1. The summed E-state index contributed by atoms with van der Waals surface area (Å²) in [6, 6.07) is 7.03. The van der Waals surface area contributed by atoms with Crippen LogP contribution in [0.15, 0.2) is 36.5 Å². The van der Waals surface area contributed by atoms with Crippen molar-refractivity contribution >= 4 is 41.0 Å². The number of methoxy groups -OCH3 is 1. The molecule has 0 atom stereocenters. The van der Waals surface area contributed by atoms with Crippen LogP contribution in [-0.4, -0.2) is 120 Å². The van der Waals surface area contributed by atoms with Crippen LogP contribution in [0.2, 0.25) is 5.02 Å². The SMILES string of the molecule is COc1ccc(-c2cnc(C(=O)Nc3ccc(C(=O)N4CCN(C(=O)CCC[N+](CCCN)(CCCN)CC(=O)[O-])CC4)c(Cl)c3)n2C)c(F)c1F. The van der Waals surface area contributed by atoms with Crippen LogP contribution < -0.4 is 26.6 Å². The fourth-order valence-electron chi connectivity index (χ4n) is 6.46. The number of hydrogen-bond acceptors (Lipinski definition) is 9. The minimum Gasteiger partial charge on any atom is -0.544 e. The van der Waals surface area contributed by atoms with E-state index in [0.717, 1.165) is 0 Å². The van der Waals surface area contributed by atoms with Crippen LogP contribution in [0.4, 0.5) is 14.5 Å². The lowest BCUT2D eigenvalue weighted by molar-refractivity contribution is -0.923. The van der Waals surface area contributed by atoms with Gasteiger partial charge in [0.1, 0.15) is 6.54 Å². The van der Waals surface area contributed by atoms with Gasteiger partial charge in [0.15, 0.2) is 17.4 Å². The lowest BCUT2D eigenvalue weighted by atomic mass is 10.1. The summed E-state index contributed by atoms with van der Waals surface area (Å²) >= 11 is 6.49. The number of carbonyl (C=O) groups is 4. The molecule has 5 N–H and O–H groups in total. The number of amides is 3. The molecule has 1 aromatic heterocycles. The second kappa shape index (κ2) is 18.2. The van der Waals surface area contributed by atoms with Gasteiger partial charge in [-0.1, -0.05) is 11.6 Å². The molecule has 3 aromatic rings. The molecule has 3 amide bonds. The lowest BCUT2D eigenvalue weighted by Crippen LogP contribution is -2.56. The van der Waals surface area contributed by atoms with Crippen LogP contribution in [0.25, 0.3) is 11.3 Å². The summed E-state index contributed by atoms with van der Waals surface area (Å²) in [4.78, 5) is 58.4. The number of nitrogens with one attached hydrogen (secondary N) is 1. The Labute approximate surface area is 305 Å². The largest absolute Gasteiger partial charge is 0.544 e. The highest BCUT2D eigenvalue weighted by molar-refractivity contribution is 6.34. The van der Waals surface area contributed by atoms with Crippen molar-refractivity contribution in [3.05, 3.63) is 64.6 Å². The predicted molar refractivity (Wildman–Crippen MR) is 188 cm³/mol. The molecule has 1 aliphatic heterocycles. The first-order valence-corrected chi connectivity index (χ1v) is 17.4. The number of benzene rings is 2. The van der Waals surface area contributed by atoms with E-state index >= 15 is 0 Å². The third-order valence-electron chi connectivity index (χ3n) is 9.27. The first-order chi connectivity index (χ1) is 24.8. The quantitative estimate of drug-likeness (QED) is 0.173. The van der Waals surface area contributed by atoms with Crippen LogP contribution in [0.5, 0.6) is 5.75 Å². The van der Waals surface area contributed by atoms with Crippen LogP contribution in [0.3, 0.4) is 0 Å². The van der Waals surface area contributed by atoms with E-state index < -0.39 is 23.5 Å². The number of carboxylic acid groups (broad SMARTS) is 1. The number of halogens is 3. The van der Waals surface area contributed by atoms with Crippen molar-refractivity contribution in [1.29, 1.82) is 0 Å². The maximum atomic E-state index is 14.7. The standard InChI is InChI=1S/C35H45ClF2N8O6/c1-43-27(25-9-10-28(52-2)32(38)31(25)37)21-41-33(43)34(50)42-23-7-8-24(26(36)20-23)35(51)45-15-13-44(14-16-45)29(47)6-3-17-46(18-4-11-39,19-5-12-40)22-30(48)49/h7-10,20-21H,3-6,11-19,22,39-40H2,1-2H3,(H-,42,48,49,50,51). The number of hydrogen-bond donors (Lipinski definition) is 3. The number of rotatable bonds is 17. The van der Waals surface area contributed by atoms with Gasteiger partial charge in [0.05, 0.1) is 55.2 Å². The number of imidazole rings is 1. The molecule has 0 unspecified atom stereocenters. The fourth-order valence-corrected chi connectivity index (χ4v) is 6.73. The monoisotopic (exact) mass is 746 g/mol. The van der Waals surface area contributed by atoms with Crippen molar-refractivity contribution in [3.8, 4) is 17.0 Å². The minimum absolute atomic E-state index is 0.0736. The number of aliphatic carboxylic acids is 1. The van der Waals surface area contributed by atoms with Gasteiger partial charge in [-0.15, -0.1) is 0 Å². The zero-order chi connectivity index (χ0) is 38.0. The summed E-state index contributed by atoms with van der Waals surface area (Å²) in [5, 5.41) is 14.3. The fraction of sp³-hybridized carbons (Fsp3) is 0.457. The molecule has 14 nitrogen and oxygen atoms in total. The Hall–Kier alpha value is -4.64. The molecule has 4 rings (SSSR count).